The third-order valence-corrected chi connectivity index (χ3v) is 5.74. The zero-order valence-electron chi connectivity index (χ0n) is 17.3. The van der Waals surface area contributed by atoms with Crippen molar-refractivity contribution in [3.05, 3.63) is 59.7 Å². The summed E-state index contributed by atoms with van der Waals surface area (Å²) < 4.78 is 5.80. The van der Waals surface area contributed by atoms with Crippen molar-refractivity contribution in [2.24, 2.45) is 5.92 Å². The van der Waals surface area contributed by atoms with Gasteiger partial charge in [0, 0.05) is 56.5 Å². The van der Waals surface area contributed by atoms with Crippen LogP contribution < -0.4 is 4.90 Å². The molecule has 2 aliphatic rings. The van der Waals surface area contributed by atoms with Gasteiger partial charge in [-0.1, -0.05) is 6.07 Å². The molecule has 0 aliphatic carbocycles. The standard InChI is InChI=1S/C23H27N3O4/c1-24(2)19-5-3-4-18(10-19)22(28)25-11-16-12-26(20(13-25)15-30-14-16)23(29)17-6-8-21(27)9-7-17/h3-10,16,20,27H,11-15H2,1-2H3/t16-,20-/m0/s1. The van der Waals surface area contributed by atoms with Crippen LogP contribution in [0, 0.1) is 5.92 Å². The number of aromatic hydroxyl groups is 1. The van der Waals surface area contributed by atoms with Crippen molar-refractivity contribution in [1.29, 1.82) is 0 Å². The Balaban J connectivity index is 1.57. The maximum atomic E-state index is 13.3. The number of phenolic OH excluding ortho intramolecular Hbond substituents is 1. The molecule has 2 atom stereocenters. The molecule has 0 saturated carbocycles. The van der Waals surface area contributed by atoms with Gasteiger partial charge in [0.05, 0.1) is 19.3 Å². The fraction of sp³-hybridized carbons (Fsp3) is 0.391. The molecule has 2 aliphatic heterocycles. The zero-order valence-corrected chi connectivity index (χ0v) is 17.3. The number of ether oxygens (including phenoxy) is 1. The number of nitrogens with zero attached hydrogens (tertiary/aromatic N) is 3. The molecule has 158 valence electrons. The number of benzene rings is 2. The van der Waals surface area contributed by atoms with E-state index >= 15 is 0 Å². The minimum absolute atomic E-state index is 0.0190. The van der Waals surface area contributed by atoms with Gasteiger partial charge in [0.25, 0.3) is 11.8 Å². The summed E-state index contributed by atoms with van der Waals surface area (Å²) in [5, 5.41) is 9.51. The van der Waals surface area contributed by atoms with Gasteiger partial charge in [-0.25, -0.2) is 0 Å². The van der Waals surface area contributed by atoms with Crippen LogP contribution in [0.2, 0.25) is 0 Å². The molecule has 7 heteroatoms. The van der Waals surface area contributed by atoms with Gasteiger partial charge in [0.2, 0.25) is 0 Å². The predicted molar refractivity (Wildman–Crippen MR) is 114 cm³/mol. The van der Waals surface area contributed by atoms with Gasteiger partial charge in [0.1, 0.15) is 5.75 Å². The molecule has 2 saturated heterocycles. The minimum atomic E-state index is -0.209. The molecule has 0 unspecified atom stereocenters. The molecule has 7 nitrogen and oxygen atoms in total. The molecule has 2 amide bonds. The van der Waals surface area contributed by atoms with Crippen molar-refractivity contribution in [1.82, 2.24) is 9.80 Å². The van der Waals surface area contributed by atoms with Crippen LogP contribution in [0.25, 0.3) is 0 Å². The van der Waals surface area contributed by atoms with Crippen LogP contribution in [-0.4, -0.2) is 79.7 Å². The fourth-order valence-corrected chi connectivity index (χ4v) is 4.13. The molecule has 0 aromatic heterocycles. The molecule has 0 radical (unpaired) electrons. The molecule has 2 fully saturated rings. The lowest BCUT2D eigenvalue weighted by Gasteiger charge is -2.31. The van der Waals surface area contributed by atoms with E-state index in [1.54, 1.807) is 12.1 Å². The van der Waals surface area contributed by atoms with Gasteiger partial charge < -0.3 is 24.5 Å². The first-order valence-corrected chi connectivity index (χ1v) is 10.2. The summed E-state index contributed by atoms with van der Waals surface area (Å²) in [6, 6.07) is 13.7. The average Bonchev–Trinajstić information content (AvgIpc) is 3.04. The molecular weight excluding hydrogens is 382 g/mol. The summed E-state index contributed by atoms with van der Waals surface area (Å²) in [6.07, 6.45) is 0. The Hall–Kier alpha value is -3.06. The van der Waals surface area contributed by atoms with Crippen LogP contribution in [0.3, 0.4) is 0 Å². The third kappa shape index (κ3) is 4.11. The highest BCUT2D eigenvalue weighted by atomic mass is 16.5. The summed E-state index contributed by atoms with van der Waals surface area (Å²) in [6.45, 7) is 2.47. The number of amides is 2. The summed E-state index contributed by atoms with van der Waals surface area (Å²) in [5.74, 6) is 0.0645. The Morgan fingerprint density at radius 2 is 1.73 bits per heavy atom. The highest BCUT2D eigenvalue weighted by molar-refractivity contribution is 5.96. The number of rotatable bonds is 3. The second kappa shape index (κ2) is 8.36. The number of carbonyl (C=O) groups excluding carboxylic acids is 2. The lowest BCUT2D eigenvalue weighted by atomic mass is 10.1. The largest absolute Gasteiger partial charge is 0.508 e. The SMILES string of the molecule is CN(C)c1cccc(C(=O)N2C[C@@H]3COC[C@H](C2)N(C(=O)c2ccc(O)cc2)C3)c1. The number of fused-ring (bicyclic) bond motifs is 3. The van der Waals surface area contributed by atoms with Crippen LogP contribution in [0.1, 0.15) is 20.7 Å². The molecule has 2 bridgehead atoms. The van der Waals surface area contributed by atoms with Gasteiger partial charge >= 0.3 is 0 Å². The quantitative estimate of drug-likeness (QED) is 0.840. The Morgan fingerprint density at radius 1 is 0.967 bits per heavy atom. The molecule has 30 heavy (non-hydrogen) atoms. The minimum Gasteiger partial charge on any atom is -0.508 e. The second-order valence-electron chi connectivity index (χ2n) is 8.22. The van der Waals surface area contributed by atoms with Gasteiger partial charge in [-0.2, -0.15) is 0 Å². The lowest BCUT2D eigenvalue weighted by Crippen LogP contribution is -2.47. The topological polar surface area (TPSA) is 73.3 Å². The van der Waals surface area contributed by atoms with Crippen molar-refractivity contribution >= 4 is 17.5 Å². The van der Waals surface area contributed by atoms with E-state index < -0.39 is 0 Å². The first-order chi connectivity index (χ1) is 14.4. The van der Waals surface area contributed by atoms with Crippen LogP contribution in [0.4, 0.5) is 5.69 Å². The van der Waals surface area contributed by atoms with Gasteiger partial charge in [-0.05, 0) is 42.5 Å². The molecule has 2 aromatic carbocycles. The Bertz CT molecular complexity index is 928. The van der Waals surface area contributed by atoms with Crippen molar-refractivity contribution < 1.29 is 19.4 Å². The molecule has 2 aromatic rings. The van der Waals surface area contributed by atoms with E-state index in [1.807, 2.05) is 53.1 Å². The van der Waals surface area contributed by atoms with Gasteiger partial charge in [-0.3, -0.25) is 9.59 Å². The van der Waals surface area contributed by atoms with Crippen LogP contribution in [0.5, 0.6) is 5.75 Å². The molecule has 1 N–H and O–H groups in total. The highest BCUT2D eigenvalue weighted by Crippen LogP contribution is 2.24. The van der Waals surface area contributed by atoms with Crippen LogP contribution >= 0.6 is 0 Å². The van der Waals surface area contributed by atoms with E-state index in [-0.39, 0.29) is 29.5 Å². The number of phenols is 1. The maximum absolute atomic E-state index is 13.3. The monoisotopic (exact) mass is 409 g/mol. The Morgan fingerprint density at radius 3 is 2.47 bits per heavy atom. The Kier molecular flexibility index (Phi) is 5.63. The number of hydrogen-bond acceptors (Lipinski definition) is 5. The number of hydrogen-bond donors (Lipinski definition) is 1. The maximum Gasteiger partial charge on any atom is 0.254 e. The van der Waals surface area contributed by atoms with E-state index in [4.69, 9.17) is 4.74 Å². The van der Waals surface area contributed by atoms with Crippen molar-refractivity contribution in [2.75, 3.05) is 51.8 Å². The predicted octanol–water partition coefficient (Wildman–Crippen LogP) is 2.07. The number of carbonyl (C=O) groups is 2. The first-order valence-electron chi connectivity index (χ1n) is 10.2. The van der Waals surface area contributed by atoms with Gasteiger partial charge in [-0.15, -0.1) is 0 Å². The van der Waals surface area contributed by atoms with E-state index in [9.17, 15) is 14.7 Å². The van der Waals surface area contributed by atoms with E-state index in [0.717, 1.165) is 5.69 Å². The van der Waals surface area contributed by atoms with E-state index in [2.05, 4.69) is 0 Å². The van der Waals surface area contributed by atoms with Gasteiger partial charge in [0.15, 0.2) is 0 Å². The lowest BCUT2D eigenvalue weighted by molar-refractivity contribution is 0.0381. The normalized spacial score (nSPS) is 21.1. The van der Waals surface area contributed by atoms with Crippen molar-refractivity contribution in [2.45, 2.75) is 6.04 Å². The highest BCUT2D eigenvalue weighted by Gasteiger charge is 2.37. The summed E-state index contributed by atoms with van der Waals surface area (Å²) in [7, 11) is 3.90. The molecular formula is C23H27N3O4. The van der Waals surface area contributed by atoms with E-state index in [1.165, 1.54) is 12.1 Å². The van der Waals surface area contributed by atoms with Crippen LogP contribution in [0.15, 0.2) is 48.5 Å². The summed E-state index contributed by atoms with van der Waals surface area (Å²) in [4.78, 5) is 32.1. The third-order valence-electron chi connectivity index (χ3n) is 5.74. The fourth-order valence-electron chi connectivity index (χ4n) is 4.13. The van der Waals surface area contributed by atoms with Crippen molar-refractivity contribution in [3.63, 3.8) is 0 Å². The van der Waals surface area contributed by atoms with Crippen LogP contribution in [-0.2, 0) is 4.74 Å². The summed E-state index contributed by atoms with van der Waals surface area (Å²) in [5.41, 5.74) is 2.15. The zero-order chi connectivity index (χ0) is 21.3. The molecule has 4 rings (SSSR count). The number of anilines is 1. The second-order valence-corrected chi connectivity index (χ2v) is 8.22. The molecule has 0 spiro atoms. The average molecular weight is 409 g/mol. The Labute approximate surface area is 176 Å². The summed E-state index contributed by atoms with van der Waals surface area (Å²) >= 11 is 0. The van der Waals surface area contributed by atoms with Crippen molar-refractivity contribution in [3.8, 4) is 5.75 Å². The van der Waals surface area contributed by atoms with E-state index in [0.29, 0.717) is 44.0 Å². The smallest absolute Gasteiger partial charge is 0.254 e. The molecule has 2 heterocycles. The first kappa shape index (κ1) is 20.2.